The first-order valence-corrected chi connectivity index (χ1v) is 8.91. The molecule has 112 valence electrons. The van der Waals surface area contributed by atoms with Gasteiger partial charge in [0.05, 0.1) is 16.6 Å². The Morgan fingerprint density at radius 3 is 2.24 bits per heavy atom. The second-order valence-electron chi connectivity index (χ2n) is 6.12. The van der Waals surface area contributed by atoms with Gasteiger partial charge in [-0.15, -0.1) is 0 Å². The molecule has 0 heterocycles. The van der Waals surface area contributed by atoms with Gasteiger partial charge in [0.1, 0.15) is 0 Å². The number of halogens is 1. The van der Waals surface area contributed by atoms with E-state index < -0.39 is 10.8 Å². The van der Waals surface area contributed by atoms with Crippen LogP contribution >= 0.6 is 15.9 Å². The molecule has 2 aromatic rings. The smallest absolute Gasteiger partial charge is 0.0574 e. The van der Waals surface area contributed by atoms with Gasteiger partial charge in [-0.3, -0.25) is 4.21 Å². The van der Waals surface area contributed by atoms with Gasteiger partial charge < -0.3 is 5.73 Å². The Labute approximate surface area is 137 Å². The molecule has 0 fully saturated rings. The van der Waals surface area contributed by atoms with Crippen molar-refractivity contribution in [3.05, 3.63) is 58.1 Å². The largest absolute Gasteiger partial charge is 0.398 e. The predicted octanol–water partition coefficient (Wildman–Crippen LogP) is 4.64. The van der Waals surface area contributed by atoms with E-state index in [1.807, 2.05) is 30.3 Å². The summed E-state index contributed by atoms with van der Waals surface area (Å²) in [5.74, 6) is 0.479. The van der Waals surface area contributed by atoms with Crippen LogP contribution in [-0.4, -0.2) is 4.21 Å². The predicted molar refractivity (Wildman–Crippen MR) is 93.8 cm³/mol. The lowest BCUT2D eigenvalue weighted by Crippen LogP contribution is -2.10. The van der Waals surface area contributed by atoms with Gasteiger partial charge in [-0.2, -0.15) is 0 Å². The molecule has 0 aliphatic heterocycles. The van der Waals surface area contributed by atoms with Gasteiger partial charge in [0.2, 0.25) is 0 Å². The summed E-state index contributed by atoms with van der Waals surface area (Å²) in [7, 11) is -1.06. The minimum absolute atomic E-state index is 0.111. The van der Waals surface area contributed by atoms with E-state index in [1.54, 1.807) is 0 Å². The average Bonchev–Trinajstić information content (AvgIpc) is 2.42. The van der Waals surface area contributed by atoms with Gasteiger partial charge >= 0.3 is 0 Å². The van der Waals surface area contributed by atoms with Crippen LogP contribution in [0.1, 0.15) is 31.9 Å². The van der Waals surface area contributed by atoms with Crippen LogP contribution in [0.15, 0.2) is 51.8 Å². The van der Waals surface area contributed by atoms with Crippen LogP contribution in [0.3, 0.4) is 0 Å². The highest BCUT2D eigenvalue weighted by atomic mass is 79.9. The Bertz CT molecular complexity index is 659. The first kappa shape index (κ1) is 16.2. The highest BCUT2D eigenvalue weighted by molar-refractivity contribution is 9.10. The molecule has 2 aromatic carbocycles. The number of rotatable bonds is 3. The van der Waals surface area contributed by atoms with E-state index in [0.717, 1.165) is 14.9 Å². The average molecular weight is 366 g/mol. The first-order valence-electron chi connectivity index (χ1n) is 6.80. The van der Waals surface area contributed by atoms with Crippen molar-refractivity contribution in [2.24, 2.45) is 0 Å². The van der Waals surface area contributed by atoms with Crippen LogP contribution in [0.5, 0.6) is 0 Å². The monoisotopic (exact) mass is 365 g/mol. The van der Waals surface area contributed by atoms with E-state index in [0.29, 0.717) is 11.4 Å². The van der Waals surface area contributed by atoms with Crippen molar-refractivity contribution >= 4 is 32.4 Å². The van der Waals surface area contributed by atoms with Crippen LogP contribution < -0.4 is 5.73 Å². The van der Waals surface area contributed by atoms with E-state index in [4.69, 9.17) is 5.73 Å². The molecule has 0 bridgehead atoms. The maximum Gasteiger partial charge on any atom is 0.0574 e. The van der Waals surface area contributed by atoms with Crippen molar-refractivity contribution in [2.45, 2.75) is 36.8 Å². The summed E-state index contributed by atoms with van der Waals surface area (Å²) < 4.78 is 13.3. The molecule has 0 aromatic heterocycles. The molecule has 0 saturated carbocycles. The van der Waals surface area contributed by atoms with E-state index in [1.165, 1.54) is 5.56 Å². The highest BCUT2D eigenvalue weighted by Gasteiger charge is 2.14. The van der Waals surface area contributed by atoms with Gasteiger partial charge in [0.15, 0.2) is 0 Å². The molecule has 2 N–H and O–H groups in total. The minimum atomic E-state index is -1.06. The van der Waals surface area contributed by atoms with Crippen molar-refractivity contribution in [3.63, 3.8) is 0 Å². The van der Waals surface area contributed by atoms with Crippen molar-refractivity contribution < 1.29 is 4.21 Å². The Balaban J connectivity index is 2.15. The lowest BCUT2D eigenvalue weighted by molar-refractivity contribution is 0.589. The molecule has 0 aliphatic rings. The van der Waals surface area contributed by atoms with E-state index in [9.17, 15) is 4.21 Å². The molecule has 2 rings (SSSR count). The van der Waals surface area contributed by atoms with Gasteiger partial charge in [-0.05, 0) is 56.7 Å². The quantitative estimate of drug-likeness (QED) is 0.805. The fourth-order valence-corrected chi connectivity index (χ4v) is 3.36. The molecule has 0 saturated heterocycles. The summed E-state index contributed by atoms with van der Waals surface area (Å²) in [4.78, 5) is 0.851. The SMILES string of the molecule is CC(C)(C)c1ccc(S(=O)Cc2ccc(Br)c(N)c2)cc1. The zero-order chi connectivity index (χ0) is 15.6. The van der Waals surface area contributed by atoms with Crippen molar-refractivity contribution in [2.75, 3.05) is 5.73 Å². The molecular weight excluding hydrogens is 346 g/mol. The standard InChI is InChI=1S/C17H20BrNOS/c1-17(2,3)13-5-7-14(8-6-13)21(20)11-12-4-9-15(18)16(19)10-12/h4-10H,11,19H2,1-3H3. The van der Waals surface area contributed by atoms with Gasteiger partial charge in [-0.25, -0.2) is 0 Å². The van der Waals surface area contributed by atoms with Gasteiger partial charge in [0, 0.05) is 15.1 Å². The van der Waals surface area contributed by atoms with Crippen LogP contribution in [0, 0.1) is 0 Å². The summed E-state index contributed by atoms with van der Waals surface area (Å²) >= 11 is 3.37. The molecular formula is C17H20BrNOS. The number of hydrogen-bond donors (Lipinski definition) is 1. The number of benzene rings is 2. The Hall–Kier alpha value is -1.13. The van der Waals surface area contributed by atoms with Gasteiger partial charge in [-0.1, -0.05) is 39.0 Å². The molecule has 1 unspecified atom stereocenters. The van der Waals surface area contributed by atoms with E-state index >= 15 is 0 Å². The third-order valence-electron chi connectivity index (χ3n) is 3.34. The summed E-state index contributed by atoms with van der Waals surface area (Å²) in [5, 5.41) is 0. The Kier molecular flexibility index (Phi) is 4.89. The lowest BCUT2D eigenvalue weighted by Gasteiger charge is -2.19. The summed E-state index contributed by atoms with van der Waals surface area (Å²) in [6.45, 7) is 6.51. The number of nitrogens with two attached hydrogens (primary N) is 1. The maximum absolute atomic E-state index is 12.4. The second-order valence-corrected chi connectivity index (χ2v) is 8.43. The summed E-state index contributed by atoms with van der Waals surface area (Å²) in [6, 6.07) is 13.7. The molecule has 0 spiro atoms. The fourth-order valence-electron chi connectivity index (χ4n) is 2.02. The molecule has 4 heteroatoms. The van der Waals surface area contributed by atoms with Crippen molar-refractivity contribution in [1.29, 1.82) is 0 Å². The third-order valence-corrected chi connectivity index (χ3v) is 5.46. The van der Waals surface area contributed by atoms with Crippen LogP contribution in [-0.2, 0) is 22.0 Å². The Morgan fingerprint density at radius 1 is 1.10 bits per heavy atom. The molecule has 21 heavy (non-hydrogen) atoms. The molecule has 1 atom stereocenters. The zero-order valence-electron chi connectivity index (χ0n) is 12.5. The van der Waals surface area contributed by atoms with Crippen LogP contribution in [0.25, 0.3) is 0 Å². The molecule has 0 radical (unpaired) electrons. The van der Waals surface area contributed by atoms with Crippen molar-refractivity contribution in [3.8, 4) is 0 Å². The second kappa shape index (κ2) is 6.32. The maximum atomic E-state index is 12.4. The van der Waals surface area contributed by atoms with E-state index in [-0.39, 0.29) is 5.41 Å². The topological polar surface area (TPSA) is 43.1 Å². The van der Waals surface area contributed by atoms with Crippen LogP contribution in [0.4, 0.5) is 5.69 Å². The summed E-state index contributed by atoms with van der Waals surface area (Å²) in [6.07, 6.45) is 0. The lowest BCUT2D eigenvalue weighted by atomic mass is 9.87. The van der Waals surface area contributed by atoms with Gasteiger partial charge in [0.25, 0.3) is 0 Å². The number of nitrogen functional groups attached to an aromatic ring is 1. The molecule has 0 amide bonds. The third kappa shape index (κ3) is 4.17. The highest BCUT2D eigenvalue weighted by Crippen LogP contribution is 2.25. The fraction of sp³-hybridized carbons (Fsp3) is 0.294. The number of hydrogen-bond acceptors (Lipinski definition) is 2. The van der Waals surface area contributed by atoms with E-state index in [2.05, 4.69) is 48.8 Å². The Morgan fingerprint density at radius 2 is 1.71 bits per heavy atom. The molecule has 0 aliphatic carbocycles. The number of anilines is 1. The first-order chi connectivity index (χ1) is 9.77. The zero-order valence-corrected chi connectivity index (χ0v) is 14.9. The normalized spacial score (nSPS) is 13.1. The van der Waals surface area contributed by atoms with Crippen LogP contribution in [0.2, 0.25) is 0 Å². The molecule has 2 nitrogen and oxygen atoms in total. The van der Waals surface area contributed by atoms with Crippen molar-refractivity contribution in [1.82, 2.24) is 0 Å². The summed E-state index contributed by atoms with van der Waals surface area (Å²) in [5.41, 5.74) is 8.87. The minimum Gasteiger partial charge on any atom is -0.398 e.